The Morgan fingerprint density at radius 2 is 2.11 bits per heavy atom. The molecule has 0 aliphatic carbocycles. The average molecular weight is 260 g/mol. The first-order valence-electron chi connectivity index (χ1n) is 6.06. The third-order valence-electron chi connectivity index (χ3n) is 2.61. The molecule has 0 aliphatic heterocycles. The Hall–Kier alpha value is -2.43. The predicted octanol–water partition coefficient (Wildman–Crippen LogP) is 2.03. The summed E-state index contributed by atoms with van der Waals surface area (Å²) in [5, 5.41) is 14.7. The van der Waals surface area contributed by atoms with E-state index in [0.717, 1.165) is 5.56 Å². The Morgan fingerprint density at radius 3 is 2.84 bits per heavy atom. The number of benzene rings is 1. The summed E-state index contributed by atoms with van der Waals surface area (Å²) in [5.74, 6) is 0.947. The second-order valence-corrected chi connectivity index (χ2v) is 4.11. The van der Waals surface area contributed by atoms with Gasteiger partial charge in [-0.3, -0.25) is 0 Å². The van der Waals surface area contributed by atoms with E-state index in [2.05, 4.69) is 10.6 Å². The zero-order valence-corrected chi connectivity index (χ0v) is 10.4. The van der Waals surface area contributed by atoms with Crippen LogP contribution in [-0.4, -0.2) is 17.7 Å². The lowest BCUT2D eigenvalue weighted by molar-refractivity contribution is 0.239. The van der Waals surface area contributed by atoms with Crippen LogP contribution in [0.2, 0.25) is 0 Å². The minimum atomic E-state index is -0.239. The van der Waals surface area contributed by atoms with Gasteiger partial charge in [0.2, 0.25) is 0 Å². The standard InChI is InChI=1S/C14H16N2O3/c17-12-4-1-3-11(9-12)6-7-15-14(18)16-10-13-5-2-8-19-13/h1-5,8-9,17H,6-7,10H2,(H2,15,16,18). The van der Waals surface area contributed by atoms with Crippen molar-refractivity contribution in [1.29, 1.82) is 0 Å². The van der Waals surface area contributed by atoms with Gasteiger partial charge in [0.25, 0.3) is 0 Å². The molecule has 19 heavy (non-hydrogen) atoms. The molecule has 100 valence electrons. The van der Waals surface area contributed by atoms with Crippen molar-refractivity contribution >= 4 is 6.03 Å². The maximum atomic E-state index is 11.5. The fourth-order valence-electron chi connectivity index (χ4n) is 1.68. The van der Waals surface area contributed by atoms with Gasteiger partial charge in [-0.2, -0.15) is 0 Å². The number of phenolic OH excluding ortho intramolecular Hbond substituents is 1. The van der Waals surface area contributed by atoms with Gasteiger partial charge in [-0.25, -0.2) is 4.79 Å². The normalized spacial score (nSPS) is 10.1. The summed E-state index contributed by atoms with van der Waals surface area (Å²) in [5.41, 5.74) is 0.978. The molecule has 0 unspecified atom stereocenters. The topological polar surface area (TPSA) is 74.5 Å². The summed E-state index contributed by atoms with van der Waals surface area (Å²) in [4.78, 5) is 11.5. The quantitative estimate of drug-likeness (QED) is 0.770. The lowest BCUT2D eigenvalue weighted by atomic mass is 10.1. The fraction of sp³-hybridized carbons (Fsp3) is 0.214. The van der Waals surface area contributed by atoms with Crippen molar-refractivity contribution in [2.75, 3.05) is 6.54 Å². The van der Waals surface area contributed by atoms with Crippen molar-refractivity contribution < 1.29 is 14.3 Å². The Balaban J connectivity index is 1.66. The first kappa shape index (κ1) is 13.0. The van der Waals surface area contributed by atoms with Crippen molar-refractivity contribution in [3.8, 4) is 5.75 Å². The smallest absolute Gasteiger partial charge is 0.315 e. The Bertz CT molecular complexity index is 523. The molecular formula is C14H16N2O3. The van der Waals surface area contributed by atoms with E-state index >= 15 is 0 Å². The lowest BCUT2D eigenvalue weighted by Crippen LogP contribution is -2.36. The summed E-state index contributed by atoms with van der Waals surface area (Å²) in [6, 6.07) is 10.3. The molecule has 2 amide bonds. The van der Waals surface area contributed by atoms with E-state index in [1.165, 1.54) is 0 Å². The van der Waals surface area contributed by atoms with E-state index < -0.39 is 0 Å². The molecular weight excluding hydrogens is 244 g/mol. The van der Waals surface area contributed by atoms with E-state index in [9.17, 15) is 9.90 Å². The number of carbonyl (C=O) groups excluding carboxylic acids is 1. The summed E-state index contributed by atoms with van der Waals surface area (Å²) in [6.45, 7) is 0.873. The van der Waals surface area contributed by atoms with Gasteiger partial charge in [0.15, 0.2) is 0 Å². The SMILES string of the molecule is O=C(NCCc1cccc(O)c1)NCc1ccco1. The van der Waals surface area contributed by atoms with Gasteiger partial charge in [-0.1, -0.05) is 12.1 Å². The fourth-order valence-corrected chi connectivity index (χ4v) is 1.68. The van der Waals surface area contributed by atoms with Gasteiger partial charge >= 0.3 is 6.03 Å². The van der Waals surface area contributed by atoms with Crippen LogP contribution in [0.1, 0.15) is 11.3 Å². The molecule has 2 aromatic rings. The molecule has 2 rings (SSSR count). The minimum absolute atomic E-state index is 0.236. The number of hydrogen-bond donors (Lipinski definition) is 3. The van der Waals surface area contributed by atoms with Crippen molar-refractivity contribution in [2.24, 2.45) is 0 Å². The highest BCUT2D eigenvalue weighted by Crippen LogP contribution is 2.10. The highest BCUT2D eigenvalue weighted by atomic mass is 16.3. The molecule has 1 heterocycles. The van der Waals surface area contributed by atoms with Crippen LogP contribution in [-0.2, 0) is 13.0 Å². The Labute approximate surface area is 111 Å². The second kappa shape index (κ2) is 6.49. The molecule has 0 bridgehead atoms. The van der Waals surface area contributed by atoms with Crippen molar-refractivity contribution in [2.45, 2.75) is 13.0 Å². The van der Waals surface area contributed by atoms with Crippen LogP contribution in [0.15, 0.2) is 47.1 Å². The molecule has 3 N–H and O–H groups in total. The monoisotopic (exact) mass is 260 g/mol. The van der Waals surface area contributed by atoms with Gasteiger partial charge in [0.05, 0.1) is 12.8 Å². The van der Waals surface area contributed by atoms with E-state index in [4.69, 9.17) is 4.42 Å². The zero-order chi connectivity index (χ0) is 13.5. The van der Waals surface area contributed by atoms with Crippen LogP contribution >= 0.6 is 0 Å². The summed E-state index contributed by atoms with van der Waals surface area (Å²) >= 11 is 0. The van der Waals surface area contributed by atoms with Crippen molar-refractivity contribution in [1.82, 2.24) is 10.6 Å². The molecule has 0 radical (unpaired) electrons. The average Bonchev–Trinajstić information content (AvgIpc) is 2.89. The number of phenols is 1. The summed E-state index contributed by atoms with van der Waals surface area (Å²) < 4.78 is 5.10. The first-order valence-corrected chi connectivity index (χ1v) is 6.06. The van der Waals surface area contributed by atoms with Gasteiger partial charge < -0.3 is 20.2 Å². The van der Waals surface area contributed by atoms with E-state index in [1.54, 1.807) is 36.6 Å². The molecule has 0 spiro atoms. The van der Waals surface area contributed by atoms with Crippen LogP contribution in [0.25, 0.3) is 0 Å². The number of amides is 2. The molecule has 0 saturated carbocycles. The number of nitrogens with one attached hydrogen (secondary N) is 2. The van der Waals surface area contributed by atoms with Gasteiger partial charge in [-0.15, -0.1) is 0 Å². The van der Waals surface area contributed by atoms with Crippen LogP contribution in [0.3, 0.4) is 0 Å². The predicted molar refractivity (Wildman–Crippen MR) is 70.8 cm³/mol. The van der Waals surface area contributed by atoms with Crippen LogP contribution < -0.4 is 10.6 Å². The lowest BCUT2D eigenvalue weighted by Gasteiger charge is -2.06. The number of aromatic hydroxyl groups is 1. The molecule has 5 heteroatoms. The first-order chi connectivity index (χ1) is 9.24. The molecule has 0 atom stereocenters. The van der Waals surface area contributed by atoms with E-state index in [1.807, 2.05) is 6.07 Å². The molecule has 5 nitrogen and oxygen atoms in total. The van der Waals surface area contributed by atoms with Crippen molar-refractivity contribution in [3.63, 3.8) is 0 Å². The maximum Gasteiger partial charge on any atom is 0.315 e. The van der Waals surface area contributed by atoms with Crippen LogP contribution in [0.4, 0.5) is 4.79 Å². The third kappa shape index (κ3) is 4.39. The zero-order valence-electron chi connectivity index (χ0n) is 10.4. The maximum absolute atomic E-state index is 11.5. The number of furan rings is 1. The molecule has 1 aromatic carbocycles. The summed E-state index contributed by atoms with van der Waals surface area (Å²) in [6.07, 6.45) is 2.24. The highest BCUT2D eigenvalue weighted by molar-refractivity contribution is 5.73. The molecule has 0 fully saturated rings. The largest absolute Gasteiger partial charge is 0.508 e. The minimum Gasteiger partial charge on any atom is -0.508 e. The van der Waals surface area contributed by atoms with Crippen LogP contribution in [0, 0.1) is 0 Å². The van der Waals surface area contributed by atoms with Crippen molar-refractivity contribution in [3.05, 3.63) is 54.0 Å². The summed E-state index contributed by atoms with van der Waals surface area (Å²) in [7, 11) is 0. The number of carbonyl (C=O) groups is 1. The second-order valence-electron chi connectivity index (χ2n) is 4.11. The molecule has 0 saturated heterocycles. The van der Waals surface area contributed by atoms with Gasteiger partial charge in [0.1, 0.15) is 11.5 Å². The van der Waals surface area contributed by atoms with Gasteiger partial charge in [0, 0.05) is 6.54 Å². The number of hydrogen-bond acceptors (Lipinski definition) is 3. The molecule has 1 aromatic heterocycles. The number of urea groups is 1. The molecule has 0 aliphatic rings. The van der Waals surface area contributed by atoms with Crippen LogP contribution in [0.5, 0.6) is 5.75 Å². The van der Waals surface area contributed by atoms with E-state index in [0.29, 0.717) is 25.3 Å². The highest BCUT2D eigenvalue weighted by Gasteiger charge is 2.01. The Kier molecular flexibility index (Phi) is 4.44. The Morgan fingerprint density at radius 1 is 1.21 bits per heavy atom. The third-order valence-corrected chi connectivity index (χ3v) is 2.61. The van der Waals surface area contributed by atoms with Gasteiger partial charge in [-0.05, 0) is 36.2 Å². The van der Waals surface area contributed by atoms with E-state index in [-0.39, 0.29) is 11.8 Å². The number of rotatable bonds is 5.